The van der Waals surface area contributed by atoms with Crippen molar-refractivity contribution < 1.29 is 8.42 Å². The summed E-state index contributed by atoms with van der Waals surface area (Å²) in [5.41, 5.74) is 13.0. The molecule has 5 nitrogen and oxygen atoms in total. The van der Waals surface area contributed by atoms with Crippen molar-refractivity contribution in [3.8, 4) is 0 Å². The number of nitrogens with one attached hydrogen (secondary N) is 1. The average molecular weight is 303 g/mol. The number of benzene rings is 1. The first kappa shape index (κ1) is 16.3. The molecule has 0 saturated heterocycles. The molecule has 0 heterocycles. The molecule has 0 saturated carbocycles. The summed E-state index contributed by atoms with van der Waals surface area (Å²) in [5, 5.41) is 0. The average Bonchev–Trinajstić information content (AvgIpc) is 2.26. The lowest BCUT2D eigenvalue weighted by Gasteiger charge is -2.12. The molecule has 7 heteroatoms. The van der Waals surface area contributed by atoms with Crippen LogP contribution in [0.25, 0.3) is 0 Å². The normalized spacial score (nSPS) is 11.7. The number of anilines is 1. The molecule has 0 aliphatic rings. The van der Waals surface area contributed by atoms with Gasteiger partial charge in [0.2, 0.25) is 10.0 Å². The Morgan fingerprint density at radius 2 is 1.79 bits per heavy atom. The Hall–Kier alpha value is -0.760. The second kappa shape index (κ2) is 7.14. The predicted molar refractivity (Wildman–Crippen MR) is 81.9 cm³/mol. The lowest BCUT2D eigenvalue weighted by atomic mass is 10.1. The minimum Gasteiger partial charge on any atom is -0.399 e. The maximum absolute atomic E-state index is 12.2. The molecule has 1 aromatic rings. The lowest BCUT2D eigenvalue weighted by Crippen LogP contribution is -2.27. The summed E-state index contributed by atoms with van der Waals surface area (Å²) in [6, 6.07) is 3.34. The van der Waals surface area contributed by atoms with E-state index in [-0.39, 0.29) is 0 Å². The molecule has 0 aromatic heterocycles. The van der Waals surface area contributed by atoms with E-state index in [1.54, 1.807) is 37.7 Å². The van der Waals surface area contributed by atoms with E-state index in [1.807, 2.05) is 0 Å². The van der Waals surface area contributed by atoms with Gasteiger partial charge in [0.15, 0.2) is 0 Å². The number of nitrogens with two attached hydrogens (primary N) is 2. The maximum atomic E-state index is 12.2. The minimum atomic E-state index is -3.48. The van der Waals surface area contributed by atoms with Crippen LogP contribution in [-0.4, -0.2) is 33.0 Å². The second-order valence-electron chi connectivity index (χ2n) is 4.28. The Morgan fingerprint density at radius 3 is 2.32 bits per heavy atom. The molecule has 0 spiro atoms. The summed E-state index contributed by atoms with van der Waals surface area (Å²) in [6.45, 7) is 4.51. The van der Waals surface area contributed by atoms with Crippen molar-refractivity contribution in [1.82, 2.24) is 4.72 Å². The van der Waals surface area contributed by atoms with Crippen molar-refractivity contribution in [3.63, 3.8) is 0 Å². The molecule has 0 aliphatic heterocycles. The van der Waals surface area contributed by atoms with Crippen LogP contribution in [0.4, 0.5) is 5.69 Å². The molecule has 19 heavy (non-hydrogen) atoms. The molecule has 0 radical (unpaired) electrons. The predicted octanol–water partition coefficient (Wildman–Crippen LogP) is 0.856. The standard InChI is InChI=1S/C12H21N3O2S2/c1-9-7-11(14)8-10(2)12(9)19(16,17)15-4-6-18-5-3-13/h7-8,15H,3-6,13-14H2,1-2H3. The first-order chi connectivity index (χ1) is 8.88. The molecule has 1 rings (SSSR count). The van der Waals surface area contributed by atoms with Crippen LogP contribution in [0.3, 0.4) is 0 Å². The molecule has 108 valence electrons. The minimum absolute atomic E-state index is 0.325. The summed E-state index contributed by atoms with van der Waals surface area (Å²) in [6.07, 6.45) is 0. The third-order valence-electron chi connectivity index (χ3n) is 2.55. The Morgan fingerprint density at radius 1 is 1.21 bits per heavy atom. The van der Waals surface area contributed by atoms with Crippen LogP contribution in [0.5, 0.6) is 0 Å². The molecule has 0 atom stereocenters. The van der Waals surface area contributed by atoms with Crippen LogP contribution in [-0.2, 0) is 10.0 Å². The van der Waals surface area contributed by atoms with Gasteiger partial charge in [-0.05, 0) is 37.1 Å². The van der Waals surface area contributed by atoms with Crippen molar-refractivity contribution >= 4 is 27.5 Å². The van der Waals surface area contributed by atoms with E-state index >= 15 is 0 Å². The van der Waals surface area contributed by atoms with Gasteiger partial charge >= 0.3 is 0 Å². The van der Waals surface area contributed by atoms with Gasteiger partial charge in [0.25, 0.3) is 0 Å². The summed E-state index contributed by atoms with van der Waals surface area (Å²) in [5.74, 6) is 1.55. The van der Waals surface area contributed by atoms with Gasteiger partial charge in [-0.1, -0.05) is 0 Å². The first-order valence-corrected chi connectivity index (χ1v) is 8.66. The number of nitrogen functional groups attached to an aromatic ring is 1. The van der Waals surface area contributed by atoms with Crippen LogP contribution in [0, 0.1) is 13.8 Å². The highest BCUT2D eigenvalue weighted by atomic mass is 32.2. The largest absolute Gasteiger partial charge is 0.399 e. The fraction of sp³-hybridized carbons (Fsp3) is 0.500. The van der Waals surface area contributed by atoms with Crippen molar-refractivity contribution in [3.05, 3.63) is 23.3 Å². The zero-order chi connectivity index (χ0) is 14.5. The van der Waals surface area contributed by atoms with Gasteiger partial charge in [-0.25, -0.2) is 13.1 Å². The molecule has 5 N–H and O–H groups in total. The van der Waals surface area contributed by atoms with Crippen molar-refractivity contribution in [1.29, 1.82) is 0 Å². The summed E-state index contributed by atoms with van der Waals surface area (Å²) < 4.78 is 27.1. The third-order valence-corrected chi connectivity index (χ3v) is 5.33. The van der Waals surface area contributed by atoms with Gasteiger partial charge in [0.1, 0.15) is 0 Å². The maximum Gasteiger partial charge on any atom is 0.241 e. The number of hydrogen-bond donors (Lipinski definition) is 3. The second-order valence-corrected chi connectivity index (χ2v) is 7.21. The van der Waals surface area contributed by atoms with E-state index in [0.717, 1.165) is 5.75 Å². The van der Waals surface area contributed by atoms with E-state index in [9.17, 15) is 8.42 Å². The number of rotatable bonds is 7. The summed E-state index contributed by atoms with van der Waals surface area (Å²) in [4.78, 5) is 0.325. The van der Waals surface area contributed by atoms with Gasteiger partial charge in [0, 0.05) is 30.3 Å². The van der Waals surface area contributed by atoms with Crippen molar-refractivity contribution in [2.24, 2.45) is 5.73 Å². The Balaban J connectivity index is 2.78. The number of hydrogen-bond acceptors (Lipinski definition) is 5. The molecule has 0 unspecified atom stereocenters. The van der Waals surface area contributed by atoms with Crippen molar-refractivity contribution in [2.75, 3.05) is 30.3 Å². The molecule has 0 fully saturated rings. The van der Waals surface area contributed by atoms with Gasteiger partial charge < -0.3 is 11.5 Å². The fourth-order valence-electron chi connectivity index (χ4n) is 1.91. The highest BCUT2D eigenvalue weighted by molar-refractivity contribution is 7.99. The topological polar surface area (TPSA) is 98.2 Å². The van der Waals surface area contributed by atoms with Crippen LogP contribution in [0.2, 0.25) is 0 Å². The highest BCUT2D eigenvalue weighted by Gasteiger charge is 2.19. The van der Waals surface area contributed by atoms with Crippen molar-refractivity contribution in [2.45, 2.75) is 18.7 Å². The SMILES string of the molecule is Cc1cc(N)cc(C)c1S(=O)(=O)NCCSCCN. The van der Waals surface area contributed by atoms with E-state index in [1.165, 1.54) is 0 Å². The molecular formula is C12H21N3O2S2. The zero-order valence-corrected chi connectivity index (χ0v) is 12.9. The summed E-state index contributed by atoms with van der Waals surface area (Å²) >= 11 is 1.63. The van der Waals surface area contributed by atoms with E-state index in [4.69, 9.17) is 11.5 Å². The molecule has 0 aliphatic carbocycles. The Labute approximate surface area is 119 Å². The fourth-order valence-corrected chi connectivity index (χ4v) is 4.14. The smallest absolute Gasteiger partial charge is 0.241 e. The Kier molecular flexibility index (Phi) is 6.12. The van der Waals surface area contributed by atoms with E-state index in [2.05, 4.69) is 4.72 Å². The molecule has 0 amide bonds. The monoisotopic (exact) mass is 303 g/mol. The van der Waals surface area contributed by atoms with Crippen LogP contribution in [0.15, 0.2) is 17.0 Å². The van der Waals surface area contributed by atoms with E-state index in [0.29, 0.717) is 40.6 Å². The number of thioether (sulfide) groups is 1. The summed E-state index contributed by atoms with van der Waals surface area (Å²) in [7, 11) is -3.48. The van der Waals surface area contributed by atoms with E-state index < -0.39 is 10.0 Å². The number of sulfonamides is 1. The lowest BCUT2D eigenvalue weighted by molar-refractivity contribution is 0.583. The van der Waals surface area contributed by atoms with Crippen LogP contribution >= 0.6 is 11.8 Å². The van der Waals surface area contributed by atoms with Gasteiger partial charge in [-0.2, -0.15) is 11.8 Å². The quantitative estimate of drug-likeness (QED) is 0.512. The van der Waals surface area contributed by atoms with Gasteiger partial charge in [-0.15, -0.1) is 0 Å². The molecule has 1 aromatic carbocycles. The zero-order valence-electron chi connectivity index (χ0n) is 11.3. The third kappa shape index (κ3) is 4.68. The van der Waals surface area contributed by atoms with Gasteiger partial charge in [-0.3, -0.25) is 0 Å². The Bertz CT molecular complexity index is 507. The molecular weight excluding hydrogens is 282 g/mol. The van der Waals surface area contributed by atoms with Gasteiger partial charge in [0.05, 0.1) is 4.90 Å². The highest BCUT2D eigenvalue weighted by Crippen LogP contribution is 2.22. The number of aryl methyl sites for hydroxylation is 2. The van der Waals surface area contributed by atoms with Crippen LogP contribution < -0.4 is 16.2 Å². The van der Waals surface area contributed by atoms with Crippen LogP contribution in [0.1, 0.15) is 11.1 Å². The first-order valence-electron chi connectivity index (χ1n) is 6.02. The molecule has 0 bridgehead atoms.